The molecule has 0 spiro atoms. The van der Waals surface area contributed by atoms with Crippen LogP contribution < -0.4 is 0 Å². The van der Waals surface area contributed by atoms with Crippen LogP contribution in [-0.2, 0) is 9.47 Å². The highest BCUT2D eigenvalue weighted by Crippen LogP contribution is 2.29. The van der Waals surface area contributed by atoms with Crippen molar-refractivity contribution in [3.05, 3.63) is 0 Å². The first-order chi connectivity index (χ1) is 6.58. The van der Waals surface area contributed by atoms with Crippen molar-refractivity contribution in [2.45, 2.75) is 25.7 Å². The molecule has 0 saturated carbocycles. The number of nitrogens with zero attached hydrogens (tertiary/aromatic N) is 1. The zero-order valence-electron chi connectivity index (χ0n) is 9.49. The first-order valence-corrected chi connectivity index (χ1v) is 5.04. The van der Waals surface area contributed by atoms with Gasteiger partial charge in [0, 0.05) is 20.3 Å². The molecule has 1 N–H and O–H groups in total. The van der Waals surface area contributed by atoms with E-state index in [2.05, 4.69) is 18.7 Å². The van der Waals surface area contributed by atoms with Crippen LogP contribution in [-0.4, -0.2) is 55.8 Å². The van der Waals surface area contributed by atoms with Crippen molar-refractivity contribution in [1.82, 2.24) is 4.90 Å². The molecule has 0 aromatic rings. The van der Waals surface area contributed by atoms with Gasteiger partial charge in [-0.25, -0.2) is 0 Å². The Labute approximate surface area is 85.8 Å². The fourth-order valence-electron chi connectivity index (χ4n) is 1.90. The average Bonchev–Trinajstić information content (AvgIpc) is 2.10. The lowest BCUT2D eigenvalue weighted by Gasteiger charge is -2.51. The normalized spacial score (nSPS) is 23.6. The summed E-state index contributed by atoms with van der Waals surface area (Å²) in [5.74, 6) is 0.00851. The minimum absolute atomic E-state index is 0.196. The lowest BCUT2D eigenvalue weighted by atomic mass is 9.97. The van der Waals surface area contributed by atoms with E-state index >= 15 is 0 Å². The molecule has 14 heavy (non-hydrogen) atoms. The molecule has 0 unspecified atom stereocenters. The molecule has 1 rings (SSSR count). The second-order valence-corrected chi connectivity index (χ2v) is 4.22. The fraction of sp³-hybridized carbons (Fsp3) is 1.00. The Morgan fingerprint density at radius 1 is 1.29 bits per heavy atom. The van der Waals surface area contributed by atoms with E-state index in [4.69, 9.17) is 9.47 Å². The van der Waals surface area contributed by atoms with Gasteiger partial charge in [-0.2, -0.15) is 0 Å². The van der Waals surface area contributed by atoms with Crippen molar-refractivity contribution in [1.29, 1.82) is 0 Å². The molecular formula is C10H21NO3. The van der Waals surface area contributed by atoms with Crippen LogP contribution in [0.1, 0.15) is 13.8 Å². The number of hydrogen-bond acceptors (Lipinski definition) is 4. The molecule has 1 saturated heterocycles. The predicted octanol–water partition coefficient (Wildman–Crippen LogP) is 0.308. The SMILES string of the molecule is COC1(OC)CN([C@@H](CO)C(C)C)C1. The van der Waals surface area contributed by atoms with Gasteiger partial charge in [-0.05, 0) is 5.92 Å². The highest BCUT2D eigenvalue weighted by molar-refractivity contribution is 4.93. The van der Waals surface area contributed by atoms with Crippen molar-refractivity contribution >= 4 is 0 Å². The Kier molecular flexibility index (Phi) is 3.89. The predicted molar refractivity (Wildman–Crippen MR) is 54.0 cm³/mol. The number of aliphatic hydroxyl groups is 1. The molecule has 0 aliphatic carbocycles. The zero-order valence-corrected chi connectivity index (χ0v) is 9.49. The molecule has 0 aromatic carbocycles. The van der Waals surface area contributed by atoms with Crippen LogP contribution in [0.3, 0.4) is 0 Å². The summed E-state index contributed by atoms with van der Waals surface area (Å²) in [4.78, 5) is 2.19. The summed E-state index contributed by atoms with van der Waals surface area (Å²) in [6, 6.07) is 0.216. The first kappa shape index (κ1) is 11.9. The van der Waals surface area contributed by atoms with Crippen LogP contribution in [0.15, 0.2) is 0 Å². The zero-order chi connectivity index (χ0) is 10.8. The Bertz CT molecular complexity index is 172. The van der Waals surface area contributed by atoms with Crippen LogP contribution in [0.4, 0.5) is 0 Å². The van der Waals surface area contributed by atoms with Gasteiger partial charge < -0.3 is 14.6 Å². The summed E-state index contributed by atoms with van der Waals surface area (Å²) < 4.78 is 10.6. The maximum Gasteiger partial charge on any atom is 0.193 e. The molecule has 0 amide bonds. The van der Waals surface area contributed by atoms with E-state index in [1.54, 1.807) is 14.2 Å². The second kappa shape index (κ2) is 4.57. The van der Waals surface area contributed by atoms with Crippen molar-refractivity contribution in [3.8, 4) is 0 Å². The van der Waals surface area contributed by atoms with Crippen LogP contribution in [0.25, 0.3) is 0 Å². The molecule has 4 heteroatoms. The third kappa shape index (κ3) is 2.08. The Hall–Kier alpha value is -0.160. The van der Waals surface area contributed by atoms with Gasteiger partial charge in [-0.1, -0.05) is 13.8 Å². The lowest BCUT2D eigenvalue weighted by Crippen LogP contribution is -2.67. The van der Waals surface area contributed by atoms with Gasteiger partial charge in [0.25, 0.3) is 0 Å². The fourth-order valence-corrected chi connectivity index (χ4v) is 1.90. The topological polar surface area (TPSA) is 41.9 Å². The van der Waals surface area contributed by atoms with E-state index in [0.29, 0.717) is 5.92 Å². The minimum Gasteiger partial charge on any atom is -0.395 e. The summed E-state index contributed by atoms with van der Waals surface area (Å²) in [7, 11) is 3.31. The van der Waals surface area contributed by atoms with Gasteiger partial charge in [-0.15, -0.1) is 0 Å². The van der Waals surface area contributed by atoms with Gasteiger partial charge in [0.15, 0.2) is 5.79 Å². The quantitative estimate of drug-likeness (QED) is 0.653. The van der Waals surface area contributed by atoms with Crippen LogP contribution >= 0.6 is 0 Å². The van der Waals surface area contributed by atoms with E-state index in [0.717, 1.165) is 13.1 Å². The number of ether oxygens (including phenoxy) is 2. The van der Waals surface area contributed by atoms with Gasteiger partial charge >= 0.3 is 0 Å². The van der Waals surface area contributed by atoms with Crippen LogP contribution in [0, 0.1) is 5.92 Å². The van der Waals surface area contributed by atoms with E-state index in [1.807, 2.05) is 0 Å². The molecule has 1 atom stereocenters. The average molecular weight is 203 g/mol. The highest BCUT2D eigenvalue weighted by Gasteiger charge is 2.46. The molecule has 1 aliphatic rings. The van der Waals surface area contributed by atoms with Gasteiger partial charge in [0.05, 0.1) is 19.7 Å². The maximum atomic E-state index is 9.22. The Balaban J connectivity index is 2.45. The molecule has 1 fully saturated rings. The number of methoxy groups -OCH3 is 2. The summed E-state index contributed by atoms with van der Waals surface area (Å²) in [5, 5.41) is 9.22. The van der Waals surface area contributed by atoms with Crippen molar-refractivity contribution in [2.75, 3.05) is 33.9 Å². The summed E-state index contributed by atoms with van der Waals surface area (Å²) in [5.41, 5.74) is 0. The van der Waals surface area contributed by atoms with E-state index < -0.39 is 5.79 Å². The lowest BCUT2D eigenvalue weighted by molar-refractivity contribution is -0.285. The third-order valence-corrected chi connectivity index (χ3v) is 3.06. The van der Waals surface area contributed by atoms with Crippen molar-refractivity contribution in [2.24, 2.45) is 5.92 Å². The van der Waals surface area contributed by atoms with Crippen LogP contribution in [0.5, 0.6) is 0 Å². The molecule has 0 aromatic heterocycles. The van der Waals surface area contributed by atoms with Crippen LogP contribution in [0.2, 0.25) is 0 Å². The van der Waals surface area contributed by atoms with Gasteiger partial charge in [0.1, 0.15) is 0 Å². The Morgan fingerprint density at radius 3 is 2.07 bits per heavy atom. The number of rotatable bonds is 5. The highest BCUT2D eigenvalue weighted by atomic mass is 16.7. The summed E-state index contributed by atoms with van der Waals surface area (Å²) >= 11 is 0. The molecule has 84 valence electrons. The molecule has 0 radical (unpaired) electrons. The largest absolute Gasteiger partial charge is 0.395 e. The van der Waals surface area contributed by atoms with Crippen molar-refractivity contribution in [3.63, 3.8) is 0 Å². The standard InChI is InChI=1S/C10H21NO3/c1-8(2)9(5-12)11-6-10(7-11,13-3)14-4/h8-9,12H,5-7H2,1-4H3/t9-/m0/s1. The monoisotopic (exact) mass is 203 g/mol. The number of likely N-dealkylation sites (tertiary alicyclic amines) is 1. The first-order valence-electron chi connectivity index (χ1n) is 5.04. The second-order valence-electron chi connectivity index (χ2n) is 4.22. The maximum absolute atomic E-state index is 9.22. The molecule has 1 heterocycles. The molecule has 4 nitrogen and oxygen atoms in total. The smallest absolute Gasteiger partial charge is 0.193 e. The van der Waals surface area contributed by atoms with E-state index in [1.165, 1.54) is 0 Å². The van der Waals surface area contributed by atoms with Gasteiger partial charge in [-0.3, -0.25) is 4.90 Å². The molecular weight excluding hydrogens is 182 g/mol. The van der Waals surface area contributed by atoms with E-state index in [9.17, 15) is 5.11 Å². The number of hydrogen-bond donors (Lipinski definition) is 1. The summed E-state index contributed by atoms with van der Waals surface area (Å²) in [6.07, 6.45) is 0. The summed E-state index contributed by atoms with van der Waals surface area (Å²) in [6.45, 7) is 5.90. The molecule has 0 bridgehead atoms. The van der Waals surface area contributed by atoms with E-state index in [-0.39, 0.29) is 12.6 Å². The Morgan fingerprint density at radius 2 is 1.79 bits per heavy atom. The number of aliphatic hydroxyl groups excluding tert-OH is 1. The van der Waals surface area contributed by atoms with Gasteiger partial charge in [0.2, 0.25) is 0 Å². The molecule has 1 aliphatic heterocycles. The third-order valence-electron chi connectivity index (χ3n) is 3.06. The van der Waals surface area contributed by atoms with Crippen molar-refractivity contribution < 1.29 is 14.6 Å². The minimum atomic E-state index is -0.442.